The molecule has 18 heavy (non-hydrogen) atoms. The Kier molecular flexibility index (Phi) is 5.95. The Balaban J connectivity index is 2.62. The van der Waals surface area contributed by atoms with Gasteiger partial charge in [-0.15, -0.1) is 0 Å². The number of thioether (sulfide) groups is 1. The second-order valence-corrected chi connectivity index (χ2v) is 5.82. The lowest BCUT2D eigenvalue weighted by Gasteiger charge is -2.27. The number of hydrogen-bond acceptors (Lipinski definition) is 4. The maximum absolute atomic E-state index is 12.2. The Hall–Kier alpha value is -0.750. The van der Waals surface area contributed by atoms with E-state index in [1.54, 1.807) is 11.8 Å². The van der Waals surface area contributed by atoms with E-state index in [0.717, 1.165) is 25.7 Å². The summed E-state index contributed by atoms with van der Waals surface area (Å²) in [7, 11) is 0. The van der Waals surface area contributed by atoms with E-state index in [1.807, 2.05) is 6.26 Å². The van der Waals surface area contributed by atoms with Crippen LogP contribution in [0.2, 0.25) is 0 Å². The van der Waals surface area contributed by atoms with Crippen molar-refractivity contribution in [3.63, 3.8) is 0 Å². The molecule has 4 N–H and O–H groups in total. The third-order valence-electron chi connectivity index (χ3n) is 3.65. The maximum atomic E-state index is 12.2. The summed E-state index contributed by atoms with van der Waals surface area (Å²) < 4.78 is 0. The molecule has 1 aliphatic rings. The van der Waals surface area contributed by atoms with Gasteiger partial charge in [-0.25, -0.2) is 4.79 Å². The third kappa shape index (κ3) is 3.62. The summed E-state index contributed by atoms with van der Waals surface area (Å²) >= 11 is 1.57. The Bertz CT molecular complexity index is 304. The van der Waals surface area contributed by atoms with Crippen LogP contribution < -0.4 is 11.1 Å². The molecule has 1 fully saturated rings. The molecule has 1 saturated carbocycles. The molecule has 0 spiro atoms. The molecule has 1 atom stereocenters. The van der Waals surface area contributed by atoms with Crippen molar-refractivity contribution in [2.24, 2.45) is 11.1 Å². The lowest BCUT2D eigenvalue weighted by Crippen LogP contribution is -2.50. The van der Waals surface area contributed by atoms with Crippen molar-refractivity contribution in [3.8, 4) is 0 Å². The quantitative estimate of drug-likeness (QED) is 0.639. The van der Waals surface area contributed by atoms with Gasteiger partial charge in [-0.05, 0) is 31.3 Å². The summed E-state index contributed by atoms with van der Waals surface area (Å²) in [5.41, 5.74) is 5.17. The lowest BCUT2D eigenvalue weighted by atomic mass is 9.85. The molecule has 1 amide bonds. The number of carbonyl (C=O) groups is 2. The molecule has 0 aromatic carbocycles. The fraction of sp³-hybridized carbons (Fsp3) is 0.833. The summed E-state index contributed by atoms with van der Waals surface area (Å²) in [6.45, 7) is 0.299. The number of nitrogens with two attached hydrogens (primary N) is 1. The Morgan fingerprint density at radius 3 is 2.50 bits per heavy atom. The molecule has 0 aromatic rings. The van der Waals surface area contributed by atoms with Gasteiger partial charge in [-0.2, -0.15) is 11.8 Å². The molecule has 0 saturated heterocycles. The summed E-state index contributed by atoms with van der Waals surface area (Å²) in [5.74, 6) is -0.439. The van der Waals surface area contributed by atoms with E-state index < -0.39 is 17.4 Å². The van der Waals surface area contributed by atoms with Crippen LogP contribution >= 0.6 is 11.8 Å². The van der Waals surface area contributed by atoms with Crippen LogP contribution in [0.3, 0.4) is 0 Å². The molecule has 0 aromatic heterocycles. The van der Waals surface area contributed by atoms with Gasteiger partial charge < -0.3 is 16.2 Å². The molecular weight excluding hydrogens is 252 g/mol. The van der Waals surface area contributed by atoms with E-state index >= 15 is 0 Å². The monoisotopic (exact) mass is 274 g/mol. The summed E-state index contributed by atoms with van der Waals surface area (Å²) in [4.78, 5) is 23.3. The van der Waals surface area contributed by atoms with E-state index in [-0.39, 0.29) is 5.91 Å². The van der Waals surface area contributed by atoms with Crippen molar-refractivity contribution in [1.29, 1.82) is 0 Å². The van der Waals surface area contributed by atoms with Crippen molar-refractivity contribution < 1.29 is 14.7 Å². The van der Waals surface area contributed by atoms with Crippen LogP contribution in [0, 0.1) is 5.41 Å². The third-order valence-corrected chi connectivity index (χ3v) is 4.29. The molecule has 104 valence electrons. The number of carboxylic acid groups (broad SMARTS) is 1. The molecule has 0 heterocycles. The van der Waals surface area contributed by atoms with Crippen molar-refractivity contribution in [3.05, 3.63) is 0 Å². The van der Waals surface area contributed by atoms with Crippen LogP contribution in [0.1, 0.15) is 32.1 Å². The maximum Gasteiger partial charge on any atom is 0.326 e. The van der Waals surface area contributed by atoms with Gasteiger partial charge in [-0.3, -0.25) is 4.79 Å². The molecule has 1 unspecified atom stereocenters. The van der Waals surface area contributed by atoms with Gasteiger partial charge in [0.15, 0.2) is 0 Å². The highest BCUT2D eigenvalue weighted by atomic mass is 32.2. The summed E-state index contributed by atoms with van der Waals surface area (Å²) in [6.07, 6.45) is 5.89. The van der Waals surface area contributed by atoms with Gasteiger partial charge in [0.25, 0.3) is 0 Å². The van der Waals surface area contributed by atoms with Crippen molar-refractivity contribution in [2.75, 3.05) is 18.6 Å². The van der Waals surface area contributed by atoms with E-state index in [9.17, 15) is 9.59 Å². The average Bonchev–Trinajstić information content (AvgIpc) is 2.83. The molecule has 1 aliphatic carbocycles. The topological polar surface area (TPSA) is 92.4 Å². The second-order valence-electron chi connectivity index (χ2n) is 4.84. The smallest absolute Gasteiger partial charge is 0.326 e. The van der Waals surface area contributed by atoms with E-state index in [1.165, 1.54) is 0 Å². The van der Waals surface area contributed by atoms with Gasteiger partial charge in [0.1, 0.15) is 6.04 Å². The van der Waals surface area contributed by atoms with Gasteiger partial charge in [0.05, 0.1) is 5.41 Å². The van der Waals surface area contributed by atoms with Crippen LogP contribution in [-0.2, 0) is 9.59 Å². The molecule has 1 rings (SSSR count). The zero-order valence-electron chi connectivity index (χ0n) is 10.8. The number of aliphatic carboxylic acids is 1. The fourth-order valence-electron chi connectivity index (χ4n) is 2.38. The number of amides is 1. The first-order chi connectivity index (χ1) is 8.55. The standard InChI is InChI=1S/C12H22N2O3S/c1-18-7-4-9(10(15)16)14-11(17)12(8-13)5-2-3-6-12/h9H,2-8,13H2,1H3,(H,14,17)(H,15,16). The first-order valence-electron chi connectivity index (χ1n) is 6.28. The zero-order chi connectivity index (χ0) is 13.6. The zero-order valence-corrected chi connectivity index (χ0v) is 11.6. The van der Waals surface area contributed by atoms with Crippen LogP contribution in [-0.4, -0.2) is 41.6 Å². The second kappa shape index (κ2) is 6.99. The van der Waals surface area contributed by atoms with Gasteiger partial charge >= 0.3 is 5.97 Å². The van der Waals surface area contributed by atoms with E-state index in [2.05, 4.69) is 5.32 Å². The average molecular weight is 274 g/mol. The van der Waals surface area contributed by atoms with Crippen LogP contribution in [0.15, 0.2) is 0 Å². The molecule has 0 radical (unpaired) electrons. The number of carboxylic acids is 1. The minimum atomic E-state index is -0.970. The summed E-state index contributed by atoms with van der Waals surface area (Å²) in [5, 5.41) is 11.7. The molecule has 0 bridgehead atoms. The molecular formula is C12H22N2O3S. The predicted molar refractivity (Wildman–Crippen MR) is 72.5 cm³/mol. The minimum absolute atomic E-state index is 0.184. The predicted octanol–water partition coefficient (Wildman–Crippen LogP) is 0.828. The van der Waals surface area contributed by atoms with Crippen LogP contribution in [0.5, 0.6) is 0 Å². The Morgan fingerprint density at radius 2 is 2.06 bits per heavy atom. The highest BCUT2D eigenvalue weighted by molar-refractivity contribution is 7.98. The van der Waals surface area contributed by atoms with Gasteiger partial charge in [0.2, 0.25) is 5.91 Å². The van der Waals surface area contributed by atoms with Crippen molar-refractivity contribution in [2.45, 2.75) is 38.1 Å². The number of rotatable bonds is 7. The highest BCUT2D eigenvalue weighted by Crippen LogP contribution is 2.37. The van der Waals surface area contributed by atoms with Crippen molar-refractivity contribution in [1.82, 2.24) is 5.32 Å². The minimum Gasteiger partial charge on any atom is -0.480 e. The first kappa shape index (κ1) is 15.3. The van der Waals surface area contributed by atoms with E-state index in [0.29, 0.717) is 18.7 Å². The summed E-state index contributed by atoms with van der Waals surface area (Å²) in [6, 6.07) is -0.797. The Labute approximate surface area is 112 Å². The SMILES string of the molecule is CSCCC(NC(=O)C1(CN)CCCC1)C(=O)O. The normalized spacial score (nSPS) is 19.4. The van der Waals surface area contributed by atoms with Gasteiger partial charge in [-0.1, -0.05) is 12.8 Å². The highest BCUT2D eigenvalue weighted by Gasteiger charge is 2.41. The van der Waals surface area contributed by atoms with Crippen molar-refractivity contribution >= 4 is 23.6 Å². The number of hydrogen-bond donors (Lipinski definition) is 3. The Morgan fingerprint density at radius 1 is 1.44 bits per heavy atom. The molecule has 0 aliphatic heterocycles. The van der Waals surface area contributed by atoms with Crippen LogP contribution in [0.25, 0.3) is 0 Å². The largest absolute Gasteiger partial charge is 0.480 e. The van der Waals surface area contributed by atoms with E-state index in [4.69, 9.17) is 10.8 Å². The lowest BCUT2D eigenvalue weighted by molar-refractivity contribution is -0.143. The molecule has 5 nitrogen and oxygen atoms in total. The number of nitrogens with one attached hydrogen (secondary N) is 1. The van der Waals surface area contributed by atoms with Gasteiger partial charge in [0, 0.05) is 6.54 Å². The number of carbonyl (C=O) groups excluding carboxylic acids is 1. The fourth-order valence-corrected chi connectivity index (χ4v) is 2.85. The van der Waals surface area contributed by atoms with Crippen LogP contribution in [0.4, 0.5) is 0 Å². The first-order valence-corrected chi connectivity index (χ1v) is 7.68. The molecule has 6 heteroatoms.